The molecule has 72 valence electrons. The third kappa shape index (κ3) is 1.55. The Hall–Kier alpha value is -1.57. The van der Waals surface area contributed by atoms with Gasteiger partial charge in [-0.15, -0.1) is 0 Å². The number of nitrogens with two attached hydrogens (primary N) is 1. The van der Waals surface area contributed by atoms with E-state index in [0.717, 1.165) is 17.0 Å². The first-order valence-electron chi connectivity index (χ1n) is 4.71. The number of rotatable bonds is 0. The molecule has 1 aromatic rings. The zero-order valence-corrected chi connectivity index (χ0v) is 8.49. The Kier molecular flexibility index (Phi) is 1.92. The summed E-state index contributed by atoms with van der Waals surface area (Å²) in [5.41, 5.74) is 8.79. The maximum Gasteiger partial charge on any atom is 0.0719 e. The van der Waals surface area contributed by atoms with Crippen LogP contribution in [0.15, 0.2) is 30.5 Å². The lowest BCUT2D eigenvalue weighted by atomic mass is 9.92. The molecule has 0 saturated heterocycles. The standard InChI is InChI=1S/C12H14N2/c1-12(2)6-5-11-9(10(13)8-12)4-3-7-14-11/h3-8H,13H2,1-2H3. The summed E-state index contributed by atoms with van der Waals surface area (Å²) in [5.74, 6) is 0. The van der Waals surface area contributed by atoms with Crippen LogP contribution in [-0.4, -0.2) is 4.98 Å². The van der Waals surface area contributed by atoms with Crippen LogP contribution in [0.5, 0.6) is 0 Å². The molecule has 2 N–H and O–H groups in total. The van der Waals surface area contributed by atoms with E-state index in [9.17, 15) is 0 Å². The molecule has 0 amide bonds. The third-order valence-corrected chi connectivity index (χ3v) is 2.35. The molecule has 14 heavy (non-hydrogen) atoms. The van der Waals surface area contributed by atoms with Gasteiger partial charge in [-0.3, -0.25) is 4.98 Å². The monoisotopic (exact) mass is 186 g/mol. The van der Waals surface area contributed by atoms with Gasteiger partial charge in [0.25, 0.3) is 0 Å². The molecular weight excluding hydrogens is 172 g/mol. The zero-order valence-electron chi connectivity index (χ0n) is 8.49. The number of allylic oxidation sites excluding steroid dienone is 2. The van der Waals surface area contributed by atoms with Crippen molar-refractivity contribution < 1.29 is 0 Å². The topological polar surface area (TPSA) is 38.9 Å². The van der Waals surface area contributed by atoms with Crippen LogP contribution in [0.2, 0.25) is 0 Å². The fourth-order valence-electron chi connectivity index (χ4n) is 1.61. The van der Waals surface area contributed by atoms with Crippen molar-refractivity contribution in [2.24, 2.45) is 11.1 Å². The van der Waals surface area contributed by atoms with Crippen molar-refractivity contribution in [1.82, 2.24) is 4.98 Å². The fourth-order valence-corrected chi connectivity index (χ4v) is 1.61. The highest BCUT2D eigenvalue weighted by Crippen LogP contribution is 2.29. The maximum atomic E-state index is 6.00. The molecule has 0 fully saturated rings. The van der Waals surface area contributed by atoms with Gasteiger partial charge in [-0.1, -0.05) is 26.0 Å². The van der Waals surface area contributed by atoms with Crippen molar-refractivity contribution in [3.8, 4) is 0 Å². The average molecular weight is 186 g/mol. The minimum Gasteiger partial charge on any atom is -0.398 e. The molecule has 2 nitrogen and oxygen atoms in total. The lowest BCUT2D eigenvalue weighted by molar-refractivity contribution is 0.631. The smallest absolute Gasteiger partial charge is 0.0719 e. The summed E-state index contributed by atoms with van der Waals surface area (Å²) in [6.07, 6.45) is 8.01. The predicted molar refractivity (Wildman–Crippen MR) is 59.2 cm³/mol. The summed E-state index contributed by atoms with van der Waals surface area (Å²) in [7, 11) is 0. The quantitative estimate of drug-likeness (QED) is 0.675. The second kappa shape index (κ2) is 2.98. The average Bonchev–Trinajstić information content (AvgIpc) is 2.24. The first kappa shape index (κ1) is 9.00. The van der Waals surface area contributed by atoms with Crippen LogP contribution >= 0.6 is 0 Å². The Balaban J connectivity index is 2.62. The fraction of sp³-hybridized carbons (Fsp3) is 0.250. The maximum absolute atomic E-state index is 6.00. The van der Waals surface area contributed by atoms with E-state index in [0.29, 0.717) is 0 Å². The summed E-state index contributed by atoms with van der Waals surface area (Å²) < 4.78 is 0. The van der Waals surface area contributed by atoms with Crippen molar-refractivity contribution in [3.63, 3.8) is 0 Å². The molecule has 1 aliphatic rings. The first-order valence-corrected chi connectivity index (χ1v) is 4.71. The molecule has 0 aliphatic heterocycles. The van der Waals surface area contributed by atoms with E-state index in [1.807, 2.05) is 18.2 Å². The first-order chi connectivity index (χ1) is 6.58. The van der Waals surface area contributed by atoms with Gasteiger partial charge < -0.3 is 5.73 Å². The molecule has 2 heteroatoms. The molecule has 0 aromatic carbocycles. The van der Waals surface area contributed by atoms with Gasteiger partial charge in [0.2, 0.25) is 0 Å². The van der Waals surface area contributed by atoms with E-state index >= 15 is 0 Å². The van der Waals surface area contributed by atoms with Gasteiger partial charge in [-0.25, -0.2) is 0 Å². The third-order valence-electron chi connectivity index (χ3n) is 2.35. The van der Waals surface area contributed by atoms with Crippen LogP contribution in [0.4, 0.5) is 0 Å². The number of fused-ring (bicyclic) bond motifs is 1. The minimum absolute atomic E-state index is 0.00475. The molecule has 1 heterocycles. The van der Waals surface area contributed by atoms with Gasteiger partial charge in [0, 0.05) is 22.9 Å². The van der Waals surface area contributed by atoms with Crippen molar-refractivity contribution >= 4 is 11.8 Å². The second-order valence-electron chi connectivity index (χ2n) is 4.19. The highest BCUT2D eigenvalue weighted by atomic mass is 14.7. The van der Waals surface area contributed by atoms with E-state index in [1.165, 1.54) is 0 Å². The van der Waals surface area contributed by atoms with Crippen LogP contribution in [0.25, 0.3) is 11.8 Å². The largest absolute Gasteiger partial charge is 0.398 e. The van der Waals surface area contributed by atoms with Crippen LogP contribution < -0.4 is 5.73 Å². The van der Waals surface area contributed by atoms with Gasteiger partial charge >= 0.3 is 0 Å². The molecule has 0 spiro atoms. The predicted octanol–water partition coefficient (Wildman–Crippen LogP) is 2.43. The van der Waals surface area contributed by atoms with E-state index in [4.69, 9.17) is 5.73 Å². The number of pyridine rings is 1. The molecule has 0 radical (unpaired) electrons. The summed E-state index contributed by atoms with van der Waals surface area (Å²) >= 11 is 0. The Morgan fingerprint density at radius 2 is 2.14 bits per heavy atom. The molecule has 1 aromatic heterocycles. The Bertz CT molecular complexity index is 414. The molecule has 0 saturated carbocycles. The summed E-state index contributed by atoms with van der Waals surface area (Å²) in [6.45, 7) is 4.25. The lowest BCUT2D eigenvalue weighted by Gasteiger charge is -2.13. The van der Waals surface area contributed by atoms with Gasteiger partial charge in [0.1, 0.15) is 0 Å². The van der Waals surface area contributed by atoms with Crippen molar-refractivity contribution in [1.29, 1.82) is 0 Å². The van der Waals surface area contributed by atoms with E-state index in [2.05, 4.69) is 31.0 Å². The van der Waals surface area contributed by atoms with Crippen LogP contribution in [0.3, 0.4) is 0 Å². The van der Waals surface area contributed by atoms with Gasteiger partial charge in [0.05, 0.1) is 5.69 Å². The molecular formula is C12H14N2. The number of nitrogens with zero attached hydrogens (tertiary/aromatic N) is 1. The summed E-state index contributed by atoms with van der Waals surface area (Å²) in [4.78, 5) is 4.29. The van der Waals surface area contributed by atoms with E-state index in [1.54, 1.807) is 6.20 Å². The molecule has 0 bridgehead atoms. The van der Waals surface area contributed by atoms with Crippen molar-refractivity contribution in [3.05, 3.63) is 41.7 Å². The normalized spacial score (nSPS) is 18.3. The van der Waals surface area contributed by atoms with Crippen LogP contribution in [-0.2, 0) is 0 Å². The molecule has 1 aliphatic carbocycles. The zero-order chi connectivity index (χ0) is 10.2. The molecule has 0 unspecified atom stereocenters. The number of hydrogen-bond acceptors (Lipinski definition) is 2. The highest BCUT2D eigenvalue weighted by molar-refractivity contribution is 5.73. The highest BCUT2D eigenvalue weighted by Gasteiger charge is 2.16. The van der Waals surface area contributed by atoms with Gasteiger partial charge in [0.15, 0.2) is 0 Å². The SMILES string of the molecule is CC1(C)C=Cc2ncccc2C(N)=C1. The molecule has 2 rings (SSSR count). The van der Waals surface area contributed by atoms with Crippen molar-refractivity contribution in [2.75, 3.05) is 0 Å². The summed E-state index contributed by atoms with van der Waals surface area (Å²) in [6, 6.07) is 3.91. The number of aromatic nitrogens is 1. The Labute approximate surface area is 84.2 Å². The summed E-state index contributed by atoms with van der Waals surface area (Å²) in [5, 5.41) is 0. The number of hydrogen-bond donors (Lipinski definition) is 1. The molecule has 0 atom stereocenters. The van der Waals surface area contributed by atoms with E-state index < -0.39 is 0 Å². The van der Waals surface area contributed by atoms with Crippen LogP contribution in [0, 0.1) is 5.41 Å². The lowest BCUT2D eigenvalue weighted by Crippen LogP contribution is -2.06. The van der Waals surface area contributed by atoms with E-state index in [-0.39, 0.29) is 5.41 Å². The Morgan fingerprint density at radius 1 is 1.36 bits per heavy atom. The van der Waals surface area contributed by atoms with Crippen molar-refractivity contribution in [2.45, 2.75) is 13.8 Å². The van der Waals surface area contributed by atoms with Crippen LogP contribution in [0.1, 0.15) is 25.1 Å². The van der Waals surface area contributed by atoms with Gasteiger partial charge in [-0.2, -0.15) is 0 Å². The Morgan fingerprint density at radius 3 is 2.93 bits per heavy atom. The van der Waals surface area contributed by atoms with Gasteiger partial charge in [-0.05, 0) is 18.2 Å². The minimum atomic E-state index is 0.00475. The second-order valence-corrected chi connectivity index (χ2v) is 4.19.